The summed E-state index contributed by atoms with van der Waals surface area (Å²) in [5.41, 5.74) is 3.22. The van der Waals surface area contributed by atoms with Gasteiger partial charge >= 0.3 is 6.09 Å². The number of amides is 1. The van der Waals surface area contributed by atoms with Crippen LogP contribution in [0.1, 0.15) is 50.9 Å². The van der Waals surface area contributed by atoms with E-state index in [4.69, 9.17) is 9.84 Å². The molecule has 0 saturated carbocycles. The fraction of sp³-hybridized carbons (Fsp3) is 0.370. The number of likely N-dealkylation sites (tertiary alicyclic amines) is 1. The van der Waals surface area contributed by atoms with Gasteiger partial charge in [0.2, 0.25) is 0 Å². The topological polar surface area (TPSA) is 101 Å². The van der Waals surface area contributed by atoms with Crippen molar-refractivity contribution in [2.24, 2.45) is 0 Å². The predicted octanol–water partition coefficient (Wildman–Crippen LogP) is 5.64. The van der Waals surface area contributed by atoms with Crippen molar-refractivity contribution in [3.8, 4) is 17.2 Å². The van der Waals surface area contributed by atoms with E-state index in [1.807, 2.05) is 50.8 Å². The lowest BCUT2D eigenvalue weighted by molar-refractivity contribution is 0.0184. The maximum Gasteiger partial charge on any atom is 0.410 e. The molecule has 0 aliphatic carbocycles. The first-order valence-electron chi connectivity index (χ1n) is 12.4. The zero-order chi connectivity index (χ0) is 27.0. The van der Waals surface area contributed by atoms with Crippen LogP contribution in [0.2, 0.25) is 0 Å². The molecule has 4 aromatic heterocycles. The van der Waals surface area contributed by atoms with Gasteiger partial charge in [-0.1, -0.05) is 11.8 Å². The second-order valence-corrected chi connectivity index (χ2v) is 11.3. The van der Waals surface area contributed by atoms with Crippen molar-refractivity contribution in [2.75, 3.05) is 13.1 Å². The zero-order valence-corrected chi connectivity index (χ0v) is 22.5. The van der Waals surface area contributed by atoms with Gasteiger partial charge in [-0.3, -0.25) is 4.68 Å². The highest BCUT2D eigenvalue weighted by Gasteiger charge is 2.29. The Balaban J connectivity index is 1.43. The van der Waals surface area contributed by atoms with E-state index in [9.17, 15) is 14.4 Å². The van der Waals surface area contributed by atoms with Crippen molar-refractivity contribution in [2.45, 2.75) is 62.1 Å². The van der Waals surface area contributed by atoms with E-state index in [1.54, 1.807) is 15.5 Å². The molecule has 0 radical (unpaired) electrons. The molecule has 9 nitrogen and oxygen atoms in total. The third-order valence-electron chi connectivity index (χ3n) is 6.45. The van der Waals surface area contributed by atoms with E-state index in [1.165, 1.54) is 18.5 Å². The molecule has 5 rings (SSSR count). The highest BCUT2D eigenvalue weighted by molar-refractivity contribution is 7.99. The van der Waals surface area contributed by atoms with E-state index in [2.05, 4.69) is 16.2 Å². The molecular weight excluding hydrogens is 505 g/mol. The highest BCUT2D eigenvalue weighted by atomic mass is 32.2. The van der Waals surface area contributed by atoms with E-state index in [0.29, 0.717) is 29.1 Å². The van der Waals surface area contributed by atoms with Crippen molar-refractivity contribution < 1.29 is 13.9 Å². The first-order valence-corrected chi connectivity index (χ1v) is 13.2. The number of nitriles is 1. The number of pyridine rings is 2. The van der Waals surface area contributed by atoms with E-state index >= 15 is 0 Å². The normalized spacial score (nSPS) is 14.6. The Morgan fingerprint density at radius 2 is 2.00 bits per heavy atom. The monoisotopic (exact) mass is 533 g/mol. The van der Waals surface area contributed by atoms with Crippen LogP contribution >= 0.6 is 11.8 Å². The molecule has 1 amide bonds. The van der Waals surface area contributed by atoms with Crippen LogP contribution in [0.25, 0.3) is 16.6 Å². The van der Waals surface area contributed by atoms with Crippen LogP contribution in [0, 0.1) is 24.1 Å². The van der Waals surface area contributed by atoms with Crippen LogP contribution in [-0.2, 0) is 4.74 Å². The number of ether oxygens (including phenoxy) is 1. The molecule has 0 unspecified atom stereocenters. The Morgan fingerprint density at radius 3 is 2.68 bits per heavy atom. The molecule has 11 heteroatoms. The molecule has 1 fully saturated rings. The third kappa shape index (κ3) is 5.09. The van der Waals surface area contributed by atoms with Gasteiger partial charge < -0.3 is 9.64 Å². The molecule has 38 heavy (non-hydrogen) atoms. The molecule has 4 aromatic rings. The van der Waals surface area contributed by atoms with Crippen LogP contribution in [0.15, 0.2) is 52.9 Å². The molecule has 5 heterocycles. The average Bonchev–Trinajstić information content (AvgIpc) is 3.47. The van der Waals surface area contributed by atoms with Gasteiger partial charge in [0.15, 0.2) is 5.82 Å². The van der Waals surface area contributed by atoms with E-state index < -0.39 is 11.4 Å². The molecule has 0 bridgehead atoms. The van der Waals surface area contributed by atoms with Crippen LogP contribution in [0.4, 0.5) is 9.18 Å². The number of hydrogen-bond acceptors (Lipinski definition) is 7. The highest BCUT2D eigenvalue weighted by Crippen LogP contribution is 2.37. The number of hydrogen-bond donors (Lipinski definition) is 0. The summed E-state index contributed by atoms with van der Waals surface area (Å²) in [6, 6.07) is 7.15. The number of aromatic nitrogens is 5. The summed E-state index contributed by atoms with van der Waals surface area (Å²) in [6.07, 6.45) is 7.97. The predicted molar refractivity (Wildman–Crippen MR) is 140 cm³/mol. The summed E-state index contributed by atoms with van der Waals surface area (Å²) in [5, 5.41) is 18.9. The summed E-state index contributed by atoms with van der Waals surface area (Å²) < 4.78 is 23.6. The van der Waals surface area contributed by atoms with Gasteiger partial charge in [0.25, 0.3) is 0 Å². The second-order valence-electron chi connectivity index (χ2n) is 10.2. The smallest absolute Gasteiger partial charge is 0.410 e. The van der Waals surface area contributed by atoms with Gasteiger partial charge in [-0.15, -0.1) is 0 Å². The van der Waals surface area contributed by atoms with Gasteiger partial charge in [0.1, 0.15) is 16.7 Å². The first kappa shape index (κ1) is 25.7. The Bertz CT molecular complexity index is 1540. The van der Waals surface area contributed by atoms with Gasteiger partial charge in [0, 0.05) is 47.2 Å². The van der Waals surface area contributed by atoms with Crippen LogP contribution < -0.4 is 0 Å². The van der Waals surface area contributed by atoms with Crippen LogP contribution in [0.3, 0.4) is 0 Å². The van der Waals surface area contributed by atoms with Gasteiger partial charge in [-0.05, 0) is 58.7 Å². The molecule has 0 N–H and O–H groups in total. The minimum atomic E-state index is -0.523. The van der Waals surface area contributed by atoms with Crippen molar-refractivity contribution in [3.05, 3.63) is 60.1 Å². The third-order valence-corrected chi connectivity index (χ3v) is 7.47. The number of carbonyl (C=O) groups is 1. The molecular formula is C27H28FN7O2S. The first-order chi connectivity index (χ1) is 18.1. The molecule has 0 atom stereocenters. The molecule has 1 aliphatic heterocycles. The van der Waals surface area contributed by atoms with Crippen molar-refractivity contribution in [1.82, 2.24) is 29.3 Å². The second kappa shape index (κ2) is 10.1. The summed E-state index contributed by atoms with van der Waals surface area (Å²) in [6.45, 7) is 8.81. The van der Waals surface area contributed by atoms with Gasteiger partial charge in [0.05, 0.1) is 29.5 Å². The SMILES string of the molecule is Cc1c(-c2cc(Sc3ncccc3F)c3c(C#N)cnn3c2)cnn1C1CCN(C(=O)OC(C)(C)C)CC1. The summed E-state index contributed by atoms with van der Waals surface area (Å²) >= 11 is 1.16. The Hall–Kier alpha value is -3.91. The summed E-state index contributed by atoms with van der Waals surface area (Å²) in [4.78, 5) is 19.0. The average molecular weight is 534 g/mol. The lowest BCUT2D eigenvalue weighted by atomic mass is 10.0. The van der Waals surface area contributed by atoms with Crippen molar-refractivity contribution in [3.63, 3.8) is 0 Å². The fourth-order valence-corrected chi connectivity index (χ4v) is 5.61. The Labute approximate surface area is 224 Å². The van der Waals surface area contributed by atoms with Crippen molar-refractivity contribution in [1.29, 1.82) is 5.26 Å². The number of halogens is 1. The maximum atomic E-state index is 14.4. The number of nitrogens with zero attached hydrogens (tertiary/aromatic N) is 7. The number of fused-ring (bicyclic) bond motifs is 1. The standard InChI is InChI=1S/C27H28FN7O2S/c1-17-21(15-32-35(17)20-7-10-33(11-8-20)26(36)37-27(2,3)4)18-12-23(38-25-22(28)6-5-9-30-25)24-19(13-29)14-31-34(24)16-18/h5-6,9,12,14-16,20H,7-8,10-11H2,1-4H3. The Morgan fingerprint density at radius 1 is 1.24 bits per heavy atom. The number of carbonyl (C=O) groups excluding carboxylic acids is 1. The largest absolute Gasteiger partial charge is 0.444 e. The summed E-state index contributed by atoms with van der Waals surface area (Å²) in [5.74, 6) is -0.430. The zero-order valence-electron chi connectivity index (χ0n) is 21.7. The number of rotatable bonds is 4. The lowest BCUT2D eigenvalue weighted by Crippen LogP contribution is -2.42. The van der Waals surface area contributed by atoms with Crippen molar-refractivity contribution >= 4 is 23.4 Å². The summed E-state index contributed by atoms with van der Waals surface area (Å²) in [7, 11) is 0. The lowest BCUT2D eigenvalue weighted by Gasteiger charge is -2.33. The number of piperidine rings is 1. The molecule has 0 aromatic carbocycles. The van der Waals surface area contributed by atoms with Crippen LogP contribution in [-0.4, -0.2) is 54.1 Å². The van der Waals surface area contributed by atoms with Gasteiger partial charge in [-0.2, -0.15) is 15.5 Å². The van der Waals surface area contributed by atoms with Crippen LogP contribution in [0.5, 0.6) is 0 Å². The minimum absolute atomic E-state index is 0.150. The fourth-order valence-electron chi connectivity index (χ4n) is 4.64. The molecule has 196 valence electrons. The van der Waals surface area contributed by atoms with Gasteiger partial charge in [-0.25, -0.2) is 18.7 Å². The quantitative estimate of drug-likeness (QED) is 0.335. The van der Waals surface area contributed by atoms with E-state index in [0.717, 1.165) is 41.4 Å². The minimum Gasteiger partial charge on any atom is -0.444 e. The van der Waals surface area contributed by atoms with E-state index in [-0.39, 0.29) is 17.2 Å². The Kier molecular flexibility index (Phi) is 6.84. The molecule has 1 saturated heterocycles. The molecule has 1 aliphatic rings. The molecule has 0 spiro atoms. The maximum absolute atomic E-state index is 14.4.